The third kappa shape index (κ3) is 4.85. The number of nitrogens with two attached hydrogens (primary N) is 1. The van der Waals surface area contributed by atoms with Crippen molar-refractivity contribution >= 4 is 5.91 Å². The Labute approximate surface area is 121 Å². The van der Waals surface area contributed by atoms with Gasteiger partial charge in [0, 0.05) is 17.6 Å². The molecule has 1 amide bonds. The van der Waals surface area contributed by atoms with Crippen LogP contribution in [-0.4, -0.2) is 18.6 Å². The Balaban J connectivity index is 2.59. The van der Waals surface area contributed by atoms with Crippen LogP contribution in [0.1, 0.15) is 51.6 Å². The molecule has 0 aromatic heterocycles. The molecule has 1 rings (SSSR count). The lowest BCUT2D eigenvalue weighted by atomic mass is 10.0. The molecule has 112 valence electrons. The van der Waals surface area contributed by atoms with E-state index in [9.17, 15) is 4.79 Å². The molecule has 0 aliphatic heterocycles. The van der Waals surface area contributed by atoms with Gasteiger partial charge < -0.3 is 15.8 Å². The van der Waals surface area contributed by atoms with Gasteiger partial charge in [-0.3, -0.25) is 4.79 Å². The summed E-state index contributed by atoms with van der Waals surface area (Å²) in [4.78, 5) is 11.8. The van der Waals surface area contributed by atoms with Crippen molar-refractivity contribution in [2.75, 3.05) is 6.61 Å². The molecule has 4 nitrogen and oxygen atoms in total. The number of carbonyl (C=O) groups excluding carboxylic acids is 1. The summed E-state index contributed by atoms with van der Waals surface area (Å²) in [6.45, 7) is 6.18. The highest BCUT2D eigenvalue weighted by molar-refractivity contribution is 5.77. The molecule has 0 saturated heterocycles. The SMILES string of the molecule is CCC(CC)NC(=O)COc1ccccc1[C@H](N)CC. The van der Waals surface area contributed by atoms with Gasteiger partial charge in [0.2, 0.25) is 0 Å². The Bertz CT molecular complexity index is 417. The Morgan fingerprint density at radius 3 is 2.45 bits per heavy atom. The molecule has 1 aromatic rings. The molecule has 0 saturated carbocycles. The van der Waals surface area contributed by atoms with Crippen molar-refractivity contribution < 1.29 is 9.53 Å². The van der Waals surface area contributed by atoms with Crippen molar-refractivity contribution in [2.45, 2.75) is 52.1 Å². The van der Waals surface area contributed by atoms with Gasteiger partial charge in [0.25, 0.3) is 5.91 Å². The summed E-state index contributed by atoms with van der Waals surface area (Å²) >= 11 is 0. The first-order chi connectivity index (χ1) is 9.62. The number of hydrogen-bond acceptors (Lipinski definition) is 3. The number of benzene rings is 1. The number of para-hydroxylation sites is 1. The summed E-state index contributed by atoms with van der Waals surface area (Å²) in [6.07, 6.45) is 2.69. The minimum Gasteiger partial charge on any atom is -0.483 e. The van der Waals surface area contributed by atoms with Crippen LogP contribution in [0.5, 0.6) is 5.75 Å². The minimum absolute atomic E-state index is 0.0317. The van der Waals surface area contributed by atoms with Gasteiger partial charge >= 0.3 is 0 Å². The van der Waals surface area contributed by atoms with E-state index < -0.39 is 0 Å². The number of amides is 1. The van der Waals surface area contributed by atoms with E-state index in [-0.39, 0.29) is 24.6 Å². The summed E-state index contributed by atoms with van der Waals surface area (Å²) in [5, 5.41) is 2.95. The Hall–Kier alpha value is -1.55. The molecule has 0 spiro atoms. The molecule has 3 N–H and O–H groups in total. The molecule has 4 heteroatoms. The molecule has 20 heavy (non-hydrogen) atoms. The van der Waals surface area contributed by atoms with Crippen molar-refractivity contribution in [2.24, 2.45) is 5.73 Å². The van der Waals surface area contributed by atoms with Crippen LogP contribution in [0.25, 0.3) is 0 Å². The van der Waals surface area contributed by atoms with E-state index in [1.807, 2.05) is 31.2 Å². The van der Waals surface area contributed by atoms with Gasteiger partial charge in [-0.1, -0.05) is 39.0 Å². The summed E-state index contributed by atoms with van der Waals surface area (Å²) < 4.78 is 5.62. The van der Waals surface area contributed by atoms with Crippen LogP contribution >= 0.6 is 0 Å². The second-order valence-corrected chi connectivity index (χ2v) is 4.92. The molecular weight excluding hydrogens is 252 g/mol. The molecule has 0 bridgehead atoms. The minimum atomic E-state index is -0.0847. The quantitative estimate of drug-likeness (QED) is 0.768. The van der Waals surface area contributed by atoms with Crippen LogP contribution in [-0.2, 0) is 4.79 Å². The molecule has 1 atom stereocenters. The first kappa shape index (κ1) is 16.5. The van der Waals surface area contributed by atoms with Crippen LogP contribution in [0.4, 0.5) is 0 Å². The van der Waals surface area contributed by atoms with Gasteiger partial charge in [-0.25, -0.2) is 0 Å². The van der Waals surface area contributed by atoms with Crippen LogP contribution < -0.4 is 15.8 Å². The second-order valence-electron chi connectivity index (χ2n) is 4.92. The molecular formula is C16H26N2O2. The van der Waals surface area contributed by atoms with E-state index >= 15 is 0 Å². The summed E-state index contributed by atoms with van der Waals surface area (Å²) in [7, 11) is 0. The highest BCUT2D eigenvalue weighted by Crippen LogP contribution is 2.25. The number of nitrogens with one attached hydrogen (secondary N) is 1. The van der Waals surface area contributed by atoms with Crippen molar-refractivity contribution in [3.63, 3.8) is 0 Å². The van der Waals surface area contributed by atoms with Crippen LogP contribution in [0, 0.1) is 0 Å². The third-order valence-electron chi connectivity index (χ3n) is 3.47. The zero-order chi connectivity index (χ0) is 15.0. The largest absolute Gasteiger partial charge is 0.483 e. The fourth-order valence-corrected chi connectivity index (χ4v) is 2.04. The molecule has 1 aromatic carbocycles. The van der Waals surface area contributed by atoms with Gasteiger partial charge in [-0.15, -0.1) is 0 Å². The van der Waals surface area contributed by atoms with Crippen LogP contribution in [0.15, 0.2) is 24.3 Å². The monoisotopic (exact) mass is 278 g/mol. The predicted octanol–water partition coefficient (Wildman–Crippen LogP) is 2.78. The lowest BCUT2D eigenvalue weighted by Crippen LogP contribution is -2.37. The Morgan fingerprint density at radius 1 is 1.20 bits per heavy atom. The topological polar surface area (TPSA) is 64.3 Å². The van der Waals surface area contributed by atoms with E-state index in [2.05, 4.69) is 19.2 Å². The van der Waals surface area contributed by atoms with Crippen molar-refractivity contribution in [3.05, 3.63) is 29.8 Å². The Morgan fingerprint density at radius 2 is 1.85 bits per heavy atom. The molecule has 0 aliphatic rings. The fraction of sp³-hybridized carbons (Fsp3) is 0.562. The average Bonchev–Trinajstić information content (AvgIpc) is 2.50. The predicted molar refractivity (Wildman–Crippen MR) is 81.7 cm³/mol. The summed E-state index contributed by atoms with van der Waals surface area (Å²) in [6, 6.07) is 7.78. The highest BCUT2D eigenvalue weighted by atomic mass is 16.5. The number of hydrogen-bond donors (Lipinski definition) is 2. The fourth-order valence-electron chi connectivity index (χ4n) is 2.04. The molecule has 0 heterocycles. The van der Waals surface area contributed by atoms with Gasteiger partial charge in [0.15, 0.2) is 6.61 Å². The lowest BCUT2D eigenvalue weighted by molar-refractivity contribution is -0.123. The van der Waals surface area contributed by atoms with E-state index in [0.717, 1.165) is 24.8 Å². The zero-order valence-corrected chi connectivity index (χ0v) is 12.7. The van der Waals surface area contributed by atoms with Crippen molar-refractivity contribution in [1.82, 2.24) is 5.32 Å². The normalized spacial score (nSPS) is 12.2. The van der Waals surface area contributed by atoms with E-state index in [1.54, 1.807) is 0 Å². The second kappa shape index (κ2) is 8.59. The van der Waals surface area contributed by atoms with E-state index in [1.165, 1.54) is 0 Å². The maximum Gasteiger partial charge on any atom is 0.258 e. The average molecular weight is 278 g/mol. The van der Waals surface area contributed by atoms with Gasteiger partial charge in [-0.05, 0) is 25.3 Å². The zero-order valence-electron chi connectivity index (χ0n) is 12.7. The molecule has 0 unspecified atom stereocenters. The van der Waals surface area contributed by atoms with Crippen LogP contribution in [0.2, 0.25) is 0 Å². The first-order valence-electron chi connectivity index (χ1n) is 7.38. The van der Waals surface area contributed by atoms with Gasteiger partial charge in [0.1, 0.15) is 5.75 Å². The lowest BCUT2D eigenvalue weighted by Gasteiger charge is -2.17. The molecule has 0 radical (unpaired) electrons. The first-order valence-corrected chi connectivity index (χ1v) is 7.38. The molecule has 0 fully saturated rings. The maximum atomic E-state index is 11.8. The van der Waals surface area contributed by atoms with Crippen molar-refractivity contribution in [3.8, 4) is 5.75 Å². The summed E-state index contributed by atoms with van der Waals surface area (Å²) in [5.41, 5.74) is 6.99. The highest BCUT2D eigenvalue weighted by Gasteiger charge is 2.12. The molecule has 0 aliphatic carbocycles. The van der Waals surface area contributed by atoms with Gasteiger partial charge in [0.05, 0.1) is 0 Å². The van der Waals surface area contributed by atoms with Crippen LogP contribution in [0.3, 0.4) is 0 Å². The van der Waals surface area contributed by atoms with Crippen molar-refractivity contribution in [1.29, 1.82) is 0 Å². The number of rotatable bonds is 8. The summed E-state index contributed by atoms with van der Waals surface area (Å²) in [5.74, 6) is 0.611. The number of ether oxygens (including phenoxy) is 1. The standard InChI is InChI=1S/C16H26N2O2/c1-4-12(5-2)18-16(19)11-20-15-10-8-7-9-13(15)14(17)6-3/h7-10,12,14H,4-6,11,17H2,1-3H3,(H,18,19)/t14-/m1/s1. The van der Waals surface area contributed by atoms with E-state index in [0.29, 0.717) is 5.75 Å². The maximum absolute atomic E-state index is 11.8. The van der Waals surface area contributed by atoms with E-state index in [4.69, 9.17) is 10.5 Å². The van der Waals surface area contributed by atoms with Gasteiger partial charge in [-0.2, -0.15) is 0 Å². The third-order valence-corrected chi connectivity index (χ3v) is 3.47. The smallest absolute Gasteiger partial charge is 0.258 e. The Kier molecular flexibility index (Phi) is 7.09. The number of carbonyl (C=O) groups is 1.